The molecule has 0 radical (unpaired) electrons. The molecule has 0 saturated heterocycles. The summed E-state index contributed by atoms with van der Waals surface area (Å²) in [6.07, 6.45) is 0.748. The molecule has 0 bridgehead atoms. The Morgan fingerprint density at radius 1 is 1.15 bits per heavy atom. The number of ether oxygens (including phenoxy) is 1. The molecule has 0 atom stereocenters. The van der Waals surface area contributed by atoms with Crippen LogP contribution in [0.2, 0.25) is 5.15 Å². The van der Waals surface area contributed by atoms with E-state index in [1.807, 2.05) is 42.5 Å². The van der Waals surface area contributed by atoms with Crippen LogP contribution in [0.3, 0.4) is 0 Å². The number of amides is 1. The minimum absolute atomic E-state index is 0.139. The number of nitrogens with one attached hydrogen (secondary N) is 1. The number of carboxylic acids is 1. The topological polar surface area (TPSA) is 88.5 Å². The number of aromatic nitrogens is 1. The van der Waals surface area contributed by atoms with Crippen LogP contribution < -0.4 is 5.32 Å². The third-order valence-electron chi connectivity index (χ3n) is 5.23. The molecule has 33 heavy (non-hydrogen) atoms. The lowest BCUT2D eigenvalue weighted by atomic mass is 10.1. The van der Waals surface area contributed by atoms with Crippen molar-refractivity contribution >= 4 is 73.0 Å². The molecule has 3 heterocycles. The van der Waals surface area contributed by atoms with Crippen LogP contribution in [0.4, 0.5) is 10.5 Å². The van der Waals surface area contributed by atoms with E-state index in [0.717, 1.165) is 36.3 Å². The highest BCUT2D eigenvalue weighted by Crippen LogP contribution is 2.52. The number of nitrogens with zero attached hydrogens (tertiary/aromatic N) is 1. The molecule has 1 amide bonds. The van der Waals surface area contributed by atoms with Gasteiger partial charge < -0.3 is 9.84 Å². The van der Waals surface area contributed by atoms with E-state index >= 15 is 0 Å². The second-order valence-electron chi connectivity index (χ2n) is 7.45. The van der Waals surface area contributed by atoms with E-state index in [9.17, 15) is 14.7 Å². The number of carbonyl (C=O) groups excluding carboxylic acids is 1. The molecule has 1 aliphatic carbocycles. The third-order valence-corrected chi connectivity index (χ3v) is 8.78. The number of fused-ring (bicyclic) bond motifs is 1. The van der Waals surface area contributed by atoms with Gasteiger partial charge in [0.05, 0.1) is 4.88 Å². The van der Waals surface area contributed by atoms with Gasteiger partial charge in [-0.25, -0.2) is 4.79 Å². The van der Waals surface area contributed by atoms with Gasteiger partial charge in [0, 0.05) is 14.3 Å². The molecule has 10 heteroatoms. The zero-order valence-corrected chi connectivity index (χ0v) is 20.1. The Morgan fingerprint density at radius 2 is 1.91 bits per heavy atom. The molecule has 0 spiro atoms. The number of thiophene rings is 2. The van der Waals surface area contributed by atoms with Crippen molar-refractivity contribution < 1.29 is 19.4 Å². The first-order valence-corrected chi connectivity index (χ1v) is 12.7. The summed E-state index contributed by atoms with van der Waals surface area (Å²) in [7, 11) is 0. The van der Waals surface area contributed by atoms with E-state index in [2.05, 4.69) is 21.5 Å². The lowest BCUT2D eigenvalue weighted by Gasteiger charge is -2.06. The van der Waals surface area contributed by atoms with Crippen molar-refractivity contribution in [3.63, 3.8) is 0 Å². The molecule has 6 nitrogen and oxygen atoms in total. The SMILES string of the molecule is O=C(Nc1c(Cl)nsc1C#Cc1cc2sc(C3(C(=O)O)CC3)cc2s1)OCc1ccccc1. The Labute approximate surface area is 206 Å². The fraction of sp³-hybridized carbons (Fsp3) is 0.174. The van der Waals surface area contributed by atoms with E-state index < -0.39 is 17.5 Å². The zero-order chi connectivity index (χ0) is 23.0. The second-order valence-corrected chi connectivity index (χ2v) is 10.8. The Kier molecular flexibility index (Phi) is 5.85. The number of carbonyl (C=O) groups is 2. The summed E-state index contributed by atoms with van der Waals surface area (Å²) in [5, 5.41) is 12.3. The summed E-state index contributed by atoms with van der Waals surface area (Å²) in [4.78, 5) is 26.0. The van der Waals surface area contributed by atoms with Crippen molar-refractivity contribution in [2.75, 3.05) is 5.32 Å². The molecule has 3 aromatic heterocycles. The van der Waals surface area contributed by atoms with Crippen molar-refractivity contribution in [1.82, 2.24) is 4.37 Å². The summed E-state index contributed by atoms with van der Waals surface area (Å²) in [5.41, 5.74) is 0.508. The zero-order valence-electron chi connectivity index (χ0n) is 16.9. The summed E-state index contributed by atoms with van der Waals surface area (Å²) in [6, 6.07) is 13.3. The smallest absolute Gasteiger partial charge is 0.412 e. The molecular formula is C23H15ClN2O4S3. The van der Waals surface area contributed by atoms with Crippen LogP contribution in [0.25, 0.3) is 9.40 Å². The lowest BCUT2D eigenvalue weighted by molar-refractivity contribution is -0.139. The fourth-order valence-electron chi connectivity index (χ4n) is 3.27. The molecule has 166 valence electrons. The standard InChI is InChI=1S/C23H15ClN2O4S3/c24-20-19(25-22(29)30-12-13-4-2-1-3-5-13)15(33-26-20)7-6-14-10-16-17(31-14)11-18(32-16)23(8-9-23)21(27)28/h1-5,10-11H,8-9,12H2,(H,25,29)(H,27,28). The van der Waals surface area contributed by atoms with Gasteiger partial charge in [-0.3, -0.25) is 10.1 Å². The van der Waals surface area contributed by atoms with Gasteiger partial charge in [-0.05, 0) is 53.9 Å². The number of benzene rings is 1. The van der Waals surface area contributed by atoms with Crippen molar-refractivity contribution in [3.8, 4) is 11.8 Å². The van der Waals surface area contributed by atoms with Crippen molar-refractivity contribution in [3.05, 3.63) is 67.8 Å². The van der Waals surface area contributed by atoms with Gasteiger partial charge in [-0.15, -0.1) is 22.7 Å². The Hall–Kier alpha value is -2.90. The first kappa shape index (κ1) is 21.9. The summed E-state index contributed by atoms with van der Waals surface area (Å²) >= 11 is 10.3. The largest absolute Gasteiger partial charge is 0.481 e. The van der Waals surface area contributed by atoms with E-state index in [0.29, 0.717) is 23.4 Å². The molecule has 1 aromatic carbocycles. The minimum atomic E-state index is -0.749. The van der Waals surface area contributed by atoms with E-state index in [1.165, 1.54) is 22.7 Å². The van der Waals surface area contributed by atoms with Gasteiger partial charge in [0.25, 0.3) is 0 Å². The Bertz CT molecular complexity index is 1390. The van der Waals surface area contributed by atoms with E-state index in [-0.39, 0.29) is 11.8 Å². The molecule has 1 saturated carbocycles. The third kappa shape index (κ3) is 4.48. The van der Waals surface area contributed by atoms with Gasteiger partial charge in [-0.1, -0.05) is 41.9 Å². The van der Waals surface area contributed by atoms with Gasteiger partial charge in [0.15, 0.2) is 5.15 Å². The molecule has 5 rings (SSSR count). The van der Waals surface area contributed by atoms with Crippen LogP contribution >= 0.6 is 45.8 Å². The highest BCUT2D eigenvalue weighted by atomic mass is 35.5. The van der Waals surface area contributed by atoms with Crippen LogP contribution in [0.15, 0.2) is 42.5 Å². The molecule has 0 aliphatic heterocycles. The van der Waals surface area contributed by atoms with Gasteiger partial charge in [-0.2, -0.15) is 4.37 Å². The Balaban J connectivity index is 1.29. The molecule has 0 unspecified atom stereocenters. The van der Waals surface area contributed by atoms with Crippen LogP contribution in [0, 0.1) is 11.8 Å². The number of rotatable bonds is 5. The number of anilines is 1. The van der Waals surface area contributed by atoms with Crippen molar-refractivity contribution in [2.45, 2.75) is 24.9 Å². The van der Waals surface area contributed by atoms with Crippen molar-refractivity contribution in [2.24, 2.45) is 0 Å². The number of aliphatic carboxylic acids is 1. The van der Waals surface area contributed by atoms with Crippen LogP contribution in [-0.2, 0) is 21.6 Å². The number of hydrogen-bond acceptors (Lipinski definition) is 7. The van der Waals surface area contributed by atoms with E-state index in [1.54, 1.807) is 0 Å². The average Bonchev–Trinajstić information content (AvgIpc) is 3.24. The van der Waals surface area contributed by atoms with Gasteiger partial charge in [0.2, 0.25) is 0 Å². The van der Waals surface area contributed by atoms with E-state index in [4.69, 9.17) is 16.3 Å². The predicted molar refractivity (Wildman–Crippen MR) is 132 cm³/mol. The first-order valence-electron chi connectivity index (χ1n) is 9.87. The summed E-state index contributed by atoms with van der Waals surface area (Å²) in [6.45, 7) is 0.139. The van der Waals surface area contributed by atoms with Gasteiger partial charge in [0.1, 0.15) is 22.6 Å². The maximum atomic E-state index is 12.2. The quantitative estimate of drug-likeness (QED) is 0.303. The predicted octanol–water partition coefficient (Wildman–Crippen LogP) is 6.34. The number of carboxylic acid groups (broad SMARTS) is 1. The number of hydrogen-bond donors (Lipinski definition) is 2. The molecule has 2 N–H and O–H groups in total. The molecule has 1 fully saturated rings. The Morgan fingerprint density at radius 3 is 2.61 bits per heavy atom. The fourth-order valence-corrected chi connectivity index (χ4v) is 6.66. The van der Waals surface area contributed by atoms with Crippen molar-refractivity contribution in [1.29, 1.82) is 0 Å². The number of halogens is 1. The molecular weight excluding hydrogens is 500 g/mol. The highest BCUT2D eigenvalue weighted by molar-refractivity contribution is 7.28. The minimum Gasteiger partial charge on any atom is -0.481 e. The highest BCUT2D eigenvalue weighted by Gasteiger charge is 2.53. The summed E-state index contributed by atoms with van der Waals surface area (Å²) in [5.74, 6) is 5.38. The maximum Gasteiger partial charge on any atom is 0.412 e. The van der Waals surface area contributed by atoms with Gasteiger partial charge >= 0.3 is 12.1 Å². The monoisotopic (exact) mass is 514 g/mol. The first-order chi connectivity index (χ1) is 15.9. The lowest BCUT2D eigenvalue weighted by Crippen LogP contribution is -2.17. The summed E-state index contributed by atoms with van der Waals surface area (Å²) < 4.78 is 11.4. The van der Waals surface area contributed by atoms with Crippen LogP contribution in [0.5, 0.6) is 0 Å². The second kappa shape index (κ2) is 8.80. The maximum absolute atomic E-state index is 12.2. The average molecular weight is 515 g/mol. The normalized spacial score (nSPS) is 13.8. The molecule has 1 aliphatic rings. The molecule has 4 aromatic rings. The van der Waals surface area contributed by atoms with Crippen LogP contribution in [0.1, 0.15) is 33.0 Å². The van der Waals surface area contributed by atoms with Crippen LogP contribution in [-0.4, -0.2) is 21.5 Å².